The zero-order valence-corrected chi connectivity index (χ0v) is 10.9. The minimum absolute atomic E-state index is 0.317. The topological polar surface area (TPSA) is 66.8 Å². The second-order valence-corrected chi connectivity index (χ2v) is 4.19. The average Bonchev–Trinajstić information content (AvgIpc) is 2.36. The molecule has 0 heterocycles. The van der Waals surface area contributed by atoms with Crippen LogP contribution in [0.25, 0.3) is 0 Å². The molecule has 1 N–H and O–H groups in total. The van der Waals surface area contributed by atoms with E-state index in [1.54, 1.807) is 24.3 Å². The molecule has 1 aromatic rings. The monoisotopic (exact) mass is 251 g/mol. The molecule has 1 aromatic carbocycles. The van der Waals surface area contributed by atoms with Crippen LogP contribution in [0.5, 0.6) is 5.75 Å². The fraction of sp³-hybridized carbons (Fsp3) is 0.385. The molecular weight excluding hydrogens is 234 g/mol. The van der Waals surface area contributed by atoms with E-state index >= 15 is 0 Å². The summed E-state index contributed by atoms with van der Waals surface area (Å²) in [5.74, 6) is -0.854. The van der Waals surface area contributed by atoms with E-state index in [0.29, 0.717) is 11.3 Å². The highest BCUT2D eigenvalue weighted by Crippen LogP contribution is 2.30. The number of carboxylic acids is 1. The maximum atomic E-state index is 11.5. The van der Waals surface area contributed by atoms with Crippen LogP contribution in [0.4, 0.5) is 0 Å². The number of amides is 1. The number of carboxylic acid groups (broad SMARTS) is 1. The smallest absolute Gasteiger partial charge is 0.334 e. The van der Waals surface area contributed by atoms with Crippen LogP contribution in [0.1, 0.15) is 19.4 Å². The summed E-state index contributed by atoms with van der Waals surface area (Å²) in [4.78, 5) is 24.2. The van der Waals surface area contributed by atoms with Crippen molar-refractivity contribution in [3.63, 3.8) is 0 Å². The van der Waals surface area contributed by atoms with Crippen LogP contribution in [-0.2, 0) is 15.1 Å². The molecule has 5 heteroatoms. The highest BCUT2D eigenvalue weighted by atomic mass is 16.5. The Morgan fingerprint density at radius 1 is 1.39 bits per heavy atom. The van der Waals surface area contributed by atoms with E-state index in [0.717, 1.165) is 0 Å². The molecule has 0 fully saturated rings. The zero-order chi connectivity index (χ0) is 13.9. The normalized spacial score (nSPS) is 13.6. The second-order valence-electron chi connectivity index (χ2n) is 4.19. The van der Waals surface area contributed by atoms with Crippen molar-refractivity contribution in [1.82, 2.24) is 4.90 Å². The van der Waals surface area contributed by atoms with Gasteiger partial charge >= 0.3 is 5.97 Å². The molecule has 0 aromatic heterocycles. The van der Waals surface area contributed by atoms with E-state index < -0.39 is 11.5 Å². The first kappa shape index (κ1) is 14.0. The number of hydrogen-bond acceptors (Lipinski definition) is 3. The Labute approximate surface area is 106 Å². The van der Waals surface area contributed by atoms with Crippen molar-refractivity contribution >= 4 is 11.9 Å². The molecule has 0 aliphatic rings. The van der Waals surface area contributed by atoms with Gasteiger partial charge in [-0.1, -0.05) is 12.1 Å². The van der Waals surface area contributed by atoms with E-state index in [1.807, 2.05) is 0 Å². The Balaban J connectivity index is 3.35. The third-order valence-electron chi connectivity index (χ3n) is 3.19. The van der Waals surface area contributed by atoms with Crippen LogP contribution in [0, 0.1) is 0 Å². The number of benzene rings is 1. The van der Waals surface area contributed by atoms with E-state index in [2.05, 4.69) is 0 Å². The number of carbonyl (C=O) groups excluding carboxylic acids is 1. The molecule has 0 aliphatic heterocycles. The summed E-state index contributed by atoms with van der Waals surface area (Å²) in [7, 11) is 2.97. The van der Waals surface area contributed by atoms with Gasteiger partial charge in [0.2, 0.25) is 5.91 Å². The van der Waals surface area contributed by atoms with Gasteiger partial charge < -0.3 is 14.7 Å². The fourth-order valence-corrected chi connectivity index (χ4v) is 1.70. The van der Waals surface area contributed by atoms with Crippen molar-refractivity contribution < 1.29 is 19.4 Å². The Hall–Kier alpha value is -2.04. The molecule has 18 heavy (non-hydrogen) atoms. The van der Waals surface area contributed by atoms with Crippen LogP contribution >= 0.6 is 0 Å². The molecule has 1 unspecified atom stereocenters. The number of carbonyl (C=O) groups is 2. The van der Waals surface area contributed by atoms with Crippen LogP contribution in [-0.4, -0.2) is 36.0 Å². The lowest BCUT2D eigenvalue weighted by atomic mass is 9.90. The number of rotatable bonds is 4. The molecule has 5 nitrogen and oxygen atoms in total. The first-order chi connectivity index (χ1) is 8.33. The van der Waals surface area contributed by atoms with Gasteiger partial charge in [-0.2, -0.15) is 0 Å². The molecule has 1 rings (SSSR count). The summed E-state index contributed by atoms with van der Waals surface area (Å²) >= 11 is 0. The molecule has 0 aliphatic carbocycles. The third kappa shape index (κ3) is 2.30. The zero-order valence-electron chi connectivity index (χ0n) is 10.9. The van der Waals surface area contributed by atoms with Crippen LogP contribution < -0.4 is 4.74 Å². The van der Waals surface area contributed by atoms with Crippen molar-refractivity contribution in [2.75, 3.05) is 14.2 Å². The summed E-state index contributed by atoms with van der Waals surface area (Å²) in [6, 6.07) is 6.70. The second kappa shape index (κ2) is 5.08. The average molecular weight is 251 g/mol. The highest BCUT2D eigenvalue weighted by molar-refractivity contribution is 5.86. The van der Waals surface area contributed by atoms with Gasteiger partial charge in [-0.05, 0) is 24.6 Å². The Morgan fingerprint density at radius 3 is 2.44 bits per heavy atom. The molecule has 1 atom stereocenters. The van der Waals surface area contributed by atoms with E-state index in [9.17, 15) is 14.7 Å². The summed E-state index contributed by atoms with van der Waals surface area (Å²) < 4.78 is 5.07. The summed E-state index contributed by atoms with van der Waals surface area (Å²) in [5.41, 5.74) is -0.924. The third-order valence-corrected chi connectivity index (χ3v) is 3.19. The number of ether oxygens (including phenoxy) is 1. The summed E-state index contributed by atoms with van der Waals surface area (Å²) in [6.07, 6.45) is 0. The van der Waals surface area contributed by atoms with Crippen molar-refractivity contribution in [3.8, 4) is 5.75 Å². The van der Waals surface area contributed by atoms with Crippen LogP contribution in [0.3, 0.4) is 0 Å². The first-order valence-corrected chi connectivity index (χ1v) is 5.46. The molecule has 98 valence electrons. The molecule has 0 saturated heterocycles. The number of hydrogen-bond donors (Lipinski definition) is 1. The van der Waals surface area contributed by atoms with Crippen LogP contribution in [0.15, 0.2) is 24.3 Å². The quantitative estimate of drug-likeness (QED) is 0.880. The van der Waals surface area contributed by atoms with Gasteiger partial charge in [0, 0.05) is 14.0 Å². The van der Waals surface area contributed by atoms with E-state index in [4.69, 9.17) is 4.74 Å². The molecular formula is C13H17NO4. The number of likely N-dealkylation sites (N-methyl/N-ethyl adjacent to an activating group) is 1. The fourth-order valence-electron chi connectivity index (χ4n) is 1.70. The van der Waals surface area contributed by atoms with Crippen molar-refractivity contribution in [1.29, 1.82) is 0 Å². The molecule has 0 spiro atoms. The minimum Gasteiger partial charge on any atom is -0.497 e. The highest BCUT2D eigenvalue weighted by Gasteiger charge is 2.41. The minimum atomic E-state index is -1.42. The number of methoxy groups -OCH3 is 1. The lowest BCUT2D eigenvalue weighted by molar-refractivity contribution is -0.156. The summed E-state index contributed by atoms with van der Waals surface area (Å²) in [5, 5.41) is 9.43. The Kier molecular flexibility index (Phi) is 3.96. The van der Waals surface area contributed by atoms with Crippen molar-refractivity contribution in [2.24, 2.45) is 0 Å². The number of aliphatic carboxylic acids is 1. The molecule has 0 radical (unpaired) electrons. The van der Waals surface area contributed by atoms with E-state index in [-0.39, 0.29) is 5.91 Å². The largest absolute Gasteiger partial charge is 0.497 e. The van der Waals surface area contributed by atoms with Crippen molar-refractivity contribution in [2.45, 2.75) is 19.4 Å². The molecule has 0 bridgehead atoms. The van der Waals surface area contributed by atoms with E-state index in [1.165, 1.54) is 32.9 Å². The van der Waals surface area contributed by atoms with Gasteiger partial charge in [-0.15, -0.1) is 0 Å². The standard InChI is InChI=1S/C13H17NO4/c1-9(15)14(3)13(2,12(16)17)10-6-5-7-11(8-10)18-4/h5-8H,1-4H3,(H,16,17). The van der Waals surface area contributed by atoms with Gasteiger partial charge in [0.1, 0.15) is 5.75 Å². The SMILES string of the molecule is COc1cccc(C(C)(C(=O)O)N(C)C(C)=O)c1. The van der Waals surface area contributed by atoms with Gasteiger partial charge in [0.15, 0.2) is 5.54 Å². The molecule has 1 amide bonds. The lowest BCUT2D eigenvalue weighted by Crippen LogP contribution is -2.49. The van der Waals surface area contributed by atoms with Crippen LogP contribution in [0.2, 0.25) is 0 Å². The molecule has 0 saturated carbocycles. The predicted molar refractivity (Wildman–Crippen MR) is 66.4 cm³/mol. The van der Waals surface area contributed by atoms with Crippen molar-refractivity contribution in [3.05, 3.63) is 29.8 Å². The van der Waals surface area contributed by atoms with Gasteiger partial charge in [0.05, 0.1) is 7.11 Å². The maximum Gasteiger partial charge on any atom is 0.334 e. The predicted octanol–water partition coefficient (Wildman–Crippen LogP) is 1.47. The maximum absolute atomic E-state index is 11.5. The first-order valence-electron chi connectivity index (χ1n) is 5.46. The number of nitrogens with zero attached hydrogens (tertiary/aromatic N) is 1. The van der Waals surface area contributed by atoms with Gasteiger partial charge in [0.25, 0.3) is 0 Å². The van der Waals surface area contributed by atoms with Gasteiger partial charge in [-0.3, -0.25) is 4.79 Å². The Morgan fingerprint density at radius 2 is 2.00 bits per heavy atom. The summed E-state index contributed by atoms with van der Waals surface area (Å²) in [6.45, 7) is 2.83. The lowest BCUT2D eigenvalue weighted by Gasteiger charge is -2.35. The van der Waals surface area contributed by atoms with Gasteiger partial charge in [-0.25, -0.2) is 4.79 Å². The Bertz CT molecular complexity index is 472.